The molecule has 0 atom stereocenters. The number of nitrogens with zero attached hydrogens (tertiary/aromatic N) is 2. The van der Waals surface area contributed by atoms with Gasteiger partial charge in [-0.3, -0.25) is 0 Å². The van der Waals surface area contributed by atoms with E-state index in [1.165, 1.54) is 60.7 Å². The van der Waals surface area contributed by atoms with Crippen molar-refractivity contribution in [3.05, 3.63) is 188 Å². The quantitative estimate of drug-likeness (QED) is 0.173. The molecule has 1 aromatic heterocycles. The first-order valence-corrected chi connectivity index (χ1v) is 18.6. The lowest BCUT2D eigenvalue weighted by Gasteiger charge is -2.45. The van der Waals surface area contributed by atoms with Gasteiger partial charge in [0.25, 0.3) is 6.71 Å². The molecular formula is C50H31BN2O. The highest BCUT2D eigenvalue weighted by molar-refractivity contribution is 7.02. The maximum absolute atomic E-state index is 6.28. The van der Waals surface area contributed by atoms with Gasteiger partial charge in [0.15, 0.2) is 0 Å². The Kier molecular flexibility index (Phi) is 6.14. The van der Waals surface area contributed by atoms with E-state index in [4.69, 9.17) is 4.42 Å². The number of para-hydroxylation sites is 3. The summed E-state index contributed by atoms with van der Waals surface area (Å²) in [7, 11) is 0. The van der Waals surface area contributed by atoms with E-state index >= 15 is 0 Å². The van der Waals surface area contributed by atoms with Crippen LogP contribution >= 0.6 is 0 Å². The molecule has 12 rings (SSSR count). The summed E-state index contributed by atoms with van der Waals surface area (Å²) in [4.78, 5) is 5.01. The van der Waals surface area contributed by atoms with E-state index in [9.17, 15) is 0 Å². The Hall–Kier alpha value is -7.04. The molecule has 3 heterocycles. The Bertz CT molecular complexity index is 2980. The molecule has 0 amide bonds. The van der Waals surface area contributed by atoms with Crippen molar-refractivity contribution in [3.63, 3.8) is 0 Å². The predicted octanol–water partition coefficient (Wildman–Crippen LogP) is 11.6. The van der Waals surface area contributed by atoms with Crippen molar-refractivity contribution in [3.8, 4) is 11.1 Å². The van der Waals surface area contributed by atoms with Gasteiger partial charge >= 0.3 is 0 Å². The maximum Gasteiger partial charge on any atom is 0.253 e. The van der Waals surface area contributed by atoms with E-state index in [0.29, 0.717) is 0 Å². The molecule has 0 bridgehead atoms. The van der Waals surface area contributed by atoms with E-state index in [0.717, 1.165) is 44.4 Å². The smallest absolute Gasteiger partial charge is 0.253 e. The van der Waals surface area contributed by atoms with Gasteiger partial charge in [0.2, 0.25) is 0 Å². The fraction of sp³-hybridized carbons (Fsp3) is 0. The van der Waals surface area contributed by atoms with Gasteiger partial charge in [0.05, 0.1) is 0 Å². The molecule has 0 aliphatic carbocycles. The third-order valence-corrected chi connectivity index (χ3v) is 11.6. The maximum atomic E-state index is 6.28. The molecule has 3 nitrogen and oxygen atoms in total. The molecule has 54 heavy (non-hydrogen) atoms. The lowest BCUT2D eigenvalue weighted by molar-refractivity contribution is 0.669. The summed E-state index contributed by atoms with van der Waals surface area (Å²) < 4.78 is 6.28. The molecule has 0 saturated heterocycles. The number of fused-ring (bicyclic) bond motifs is 11. The average molecular weight is 687 g/mol. The van der Waals surface area contributed by atoms with Crippen molar-refractivity contribution >= 4 is 101 Å². The van der Waals surface area contributed by atoms with Gasteiger partial charge < -0.3 is 14.2 Å². The van der Waals surface area contributed by atoms with Crippen molar-refractivity contribution in [2.75, 3.05) is 9.80 Å². The molecular weight excluding hydrogens is 655 g/mol. The summed E-state index contributed by atoms with van der Waals surface area (Å²) in [6.45, 7) is -0.00790. The Morgan fingerprint density at radius 2 is 0.833 bits per heavy atom. The minimum absolute atomic E-state index is 0.00790. The Morgan fingerprint density at radius 1 is 0.333 bits per heavy atom. The second-order valence-corrected chi connectivity index (χ2v) is 14.5. The fourth-order valence-electron chi connectivity index (χ4n) is 9.33. The minimum atomic E-state index is -0.00790. The Labute approximate surface area is 313 Å². The van der Waals surface area contributed by atoms with Gasteiger partial charge in [-0.2, -0.15) is 0 Å². The van der Waals surface area contributed by atoms with Crippen molar-refractivity contribution in [1.29, 1.82) is 0 Å². The molecule has 10 aromatic rings. The fourth-order valence-corrected chi connectivity index (χ4v) is 9.33. The predicted molar refractivity (Wildman–Crippen MR) is 228 cm³/mol. The van der Waals surface area contributed by atoms with Crippen LogP contribution in [0.5, 0.6) is 0 Å². The zero-order valence-corrected chi connectivity index (χ0v) is 29.3. The third-order valence-electron chi connectivity index (χ3n) is 11.6. The van der Waals surface area contributed by atoms with Crippen LogP contribution in [0.2, 0.25) is 0 Å². The summed E-state index contributed by atoms with van der Waals surface area (Å²) in [5.74, 6) is 0. The molecule has 250 valence electrons. The molecule has 0 spiro atoms. The molecule has 2 aliphatic rings. The van der Waals surface area contributed by atoms with Crippen LogP contribution in [0.3, 0.4) is 0 Å². The van der Waals surface area contributed by atoms with Gasteiger partial charge in [0.1, 0.15) is 11.2 Å². The van der Waals surface area contributed by atoms with Crippen molar-refractivity contribution < 1.29 is 4.42 Å². The van der Waals surface area contributed by atoms with Gasteiger partial charge in [0, 0.05) is 44.9 Å². The zero-order chi connectivity index (χ0) is 35.3. The summed E-state index contributed by atoms with van der Waals surface area (Å²) in [5, 5.41) is 7.32. The van der Waals surface area contributed by atoms with Crippen LogP contribution in [-0.4, -0.2) is 6.71 Å². The minimum Gasteiger partial charge on any atom is -0.456 e. The van der Waals surface area contributed by atoms with E-state index in [-0.39, 0.29) is 6.71 Å². The van der Waals surface area contributed by atoms with Crippen LogP contribution < -0.4 is 26.2 Å². The molecule has 0 radical (unpaired) electrons. The second kappa shape index (κ2) is 11.2. The lowest BCUT2D eigenvalue weighted by Crippen LogP contribution is -2.61. The first-order valence-electron chi connectivity index (χ1n) is 18.6. The second-order valence-electron chi connectivity index (χ2n) is 14.5. The first kappa shape index (κ1) is 29.5. The van der Waals surface area contributed by atoms with Gasteiger partial charge in [-0.1, -0.05) is 121 Å². The van der Waals surface area contributed by atoms with Crippen LogP contribution in [0.4, 0.5) is 34.1 Å². The van der Waals surface area contributed by atoms with Crippen LogP contribution in [0.25, 0.3) is 54.6 Å². The van der Waals surface area contributed by atoms with E-state index in [2.05, 4.69) is 192 Å². The van der Waals surface area contributed by atoms with Gasteiger partial charge in [-0.05, 0) is 116 Å². The summed E-state index contributed by atoms with van der Waals surface area (Å²) in [6.07, 6.45) is 0. The van der Waals surface area contributed by atoms with E-state index in [1.54, 1.807) is 0 Å². The Balaban J connectivity index is 1.25. The number of hydrogen-bond donors (Lipinski definition) is 0. The summed E-state index contributed by atoms with van der Waals surface area (Å²) in [6, 6.07) is 68.7. The summed E-state index contributed by atoms with van der Waals surface area (Å²) in [5.41, 5.74) is 15.2. The molecule has 0 fully saturated rings. The van der Waals surface area contributed by atoms with Crippen molar-refractivity contribution in [1.82, 2.24) is 0 Å². The van der Waals surface area contributed by atoms with Crippen LogP contribution in [-0.2, 0) is 0 Å². The van der Waals surface area contributed by atoms with Crippen molar-refractivity contribution in [2.24, 2.45) is 0 Å². The SMILES string of the molecule is c1ccc(N2c3cc(-c4ccc5oc6ccccc6c5c4)cc4c3B(c3c2ccc2ccccc32)c2c(ccc3ccccc23)N4c2ccccc2)cc1. The number of anilines is 6. The highest BCUT2D eigenvalue weighted by atomic mass is 16.3. The third kappa shape index (κ3) is 4.14. The molecule has 0 unspecified atom stereocenters. The van der Waals surface area contributed by atoms with Crippen LogP contribution in [0, 0.1) is 0 Å². The number of benzene rings is 9. The van der Waals surface area contributed by atoms with E-state index in [1.807, 2.05) is 6.07 Å². The average Bonchev–Trinajstić information content (AvgIpc) is 3.62. The summed E-state index contributed by atoms with van der Waals surface area (Å²) >= 11 is 0. The number of hydrogen-bond acceptors (Lipinski definition) is 3. The van der Waals surface area contributed by atoms with Crippen LogP contribution in [0.15, 0.2) is 192 Å². The molecule has 0 saturated carbocycles. The largest absolute Gasteiger partial charge is 0.456 e. The molecule has 9 aromatic carbocycles. The normalized spacial score (nSPS) is 13.1. The standard InChI is InChI=1S/C50H31BN2O/c1-3-15-36(16-4-1)52-42-26-23-32-13-7-9-19-38(32)48(42)51-49-39-20-10-8-14-33(39)24-27-43(49)53(37-17-5-2-6-18-37)45-31-35(30-44(52)50(45)51)34-25-28-47-41(29-34)40-21-11-12-22-46(40)54-47/h1-31H. The monoisotopic (exact) mass is 686 g/mol. The zero-order valence-electron chi connectivity index (χ0n) is 29.3. The lowest BCUT2D eigenvalue weighted by atomic mass is 9.32. The van der Waals surface area contributed by atoms with E-state index < -0.39 is 0 Å². The van der Waals surface area contributed by atoms with Crippen molar-refractivity contribution in [2.45, 2.75) is 0 Å². The van der Waals surface area contributed by atoms with Gasteiger partial charge in [-0.25, -0.2) is 0 Å². The highest BCUT2D eigenvalue weighted by Gasteiger charge is 2.45. The number of furan rings is 1. The molecule has 2 aliphatic heterocycles. The highest BCUT2D eigenvalue weighted by Crippen LogP contribution is 2.47. The first-order chi connectivity index (χ1) is 26.8. The Morgan fingerprint density at radius 3 is 1.43 bits per heavy atom. The molecule has 4 heteroatoms. The van der Waals surface area contributed by atoms with Gasteiger partial charge in [-0.15, -0.1) is 0 Å². The molecule has 0 N–H and O–H groups in total. The number of rotatable bonds is 3. The van der Waals surface area contributed by atoms with Crippen LogP contribution in [0.1, 0.15) is 0 Å². The topological polar surface area (TPSA) is 19.6 Å².